The van der Waals surface area contributed by atoms with E-state index in [1.54, 1.807) is 19.3 Å². The van der Waals surface area contributed by atoms with E-state index < -0.39 is 23.8 Å². The summed E-state index contributed by atoms with van der Waals surface area (Å²) in [5.41, 5.74) is 1.54. The fourth-order valence-electron chi connectivity index (χ4n) is 2.13. The minimum Gasteiger partial charge on any atom is -0.467 e. The molecule has 0 spiro atoms. The van der Waals surface area contributed by atoms with Crippen molar-refractivity contribution in [3.63, 3.8) is 0 Å². The first kappa shape index (κ1) is 20.4. The Morgan fingerprint density at radius 3 is 2.27 bits per heavy atom. The quantitative estimate of drug-likeness (QED) is 0.244. The number of methoxy groups -OCH3 is 1. The van der Waals surface area contributed by atoms with Crippen molar-refractivity contribution in [1.29, 1.82) is 0 Å². The van der Waals surface area contributed by atoms with Crippen molar-refractivity contribution in [3.05, 3.63) is 0 Å². The van der Waals surface area contributed by atoms with Crippen LogP contribution in [0, 0.1) is 11.8 Å². The number of rotatable bonds is 10. The second-order valence-electron chi connectivity index (χ2n) is 5.69. The zero-order valence-corrected chi connectivity index (χ0v) is 13.8. The Morgan fingerprint density at radius 2 is 1.82 bits per heavy atom. The lowest BCUT2D eigenvalue weighted by atomic mass is 9.95. The highest BCUT2D eigenvalue weighted by Gasteiger charge is 2.29. The topological polar surface area (TPSA) is 105 Å². The molecule has 22 heavy (non-hydrogen) atoms. The molecule has 0 aromatic heterocycles. The maximum atomic E-state index is 12.3. The summed E-state index contributed by atoms with van der Waals surface area (Å²) >= 11 is 0. The third-order valence-electron chi connectivity index (χ3n) is 3.50. The molecule has 3 N–H and O–H groups in total. The summed E-state index contributed by atoms with van der Waals surface area (Å²) in [5, 5.41) is 11.3. The first-order chi connectivity index (χ1) is 10.4. The molecule has 0 rings (SSSR count). The van der Waals surface area contributed by atoms with E-state index in [2.05, 4.69) is 10.1 Å². The lowest BCUT2D eigenvalue weighted by Gasteiger charge is -2.23. The lowest BCUT2D eigenvalue weighted by Crippen LogP contribution is -2.47. The van der Waals surface area contributed by atoms with Gasteiger partial charge in [0.25, 0.3) is 0 Å². The van der Waals surface area contributed by atoms with E-state index in [-0.39, 0.29) is 18.2 Å². The van der Waals surface area contributed by atoms with E-state index in [4.69, 9.17) is 5.21 Å². The Bertz CT molecular complexity index is 371. The lowest BCUT2D eigenvalue weighted by molar-refractivity contribution is -0.147. The molecule has 2 amide bonds. The molecule has 0 aliphatic heterocycles. The molecule has 0 aromatic rings. The van der Waals surface area contributed by atoms with Gasteiger partial charge in [0.1, 0.15) is 6.04 Å². The first-order valence-electron chi connectivity index (χ1n) is 7.68. The van der Waals surface area contributed by atoms with Crippen molar-refractivity contribution in [2.24, 2.45) is 11.8 Å². The number of unbranched alkanes of at least 4 members (excludes halogenated alkanes) is 2. The Kier molecular flexibility index (Phi) is 10.2. The van der Waals surface area contributed by atoms with E-state index in [1.807, 2.05) is 6.92 Å². The number of hydrogen-bond donors (Lipinski definition) is 3. The Hall–Kier alpha value is -1.63. The third kappa shape index (κ3) is 7.40. The molecule has 0 saturated heterocycles. The molecule has 0 saturated carbocycles. The number of esters is 1. The molecule has 0 radical (unpaired) electrons. The van der Waals surface area contributed by atoms with Gasteiger partial charge in [0.15, 0.2) is 0 Å². The molecule has 0 aromatic carbocycles. The zero-order chi connectivity index (χ0) is 17.1. The molecule has 7 nitrogen and oxygen atoms in total. The molecular weight excluding hydrogens is 288 g/mol. The van der Waals surface area contributed by atoms with Gasteiger partial charge in [-0.1, -0.05) is 40.0 Å². The summed E-state index contributed by atoms with van der Waals surface area (Å²) in [7, 11) is 1.27. The monoisotopic (exact) mass is 316 g/mol. The molecule has 128 valence electrons. The minimum atomic E-state index is -0.747. The Morgan fingerprint density at radius 1 is 1.18 bits per heavy atom. The van der Waals surface area contributed by atoms with Crippen LogP contribution in [-0.2, 0) is 19.1 Å². The van der Waals surface area contributed by atoms with Crippen molar-refractivity contribution in [1.82, 2.24) is 10.8 Å². The number of amides is 2. The van der Waals surface area contributed by atoms with Crippen molar-refractivity contribution in [2.75, 3.05) is 7.11 Å². The molecule has 0 aliphatic rings. The van der Waals surface area contributed by atoms with Gasteiger partial charge in [-0.3, -0.25) is 14.8 Å². The van der Waals surface area contributed by atoms with E-state index in [0.29, 0.717) is 6.42 Å². The number of carbonyl (C=O) groups is 3. The summed E-state index contributed by atoms with van der Waals surface area (Å²) in [6.45, 7) is 5.64. The number of carbonyl (C=O) groups excluding carboxylic acids is 3. The second-order valence-corrected chi connectivity index (χ2v) is 5.69. The fourth-order valence-corrected chi connectivity index (χ4v) is 2.13. The van der Waals surface area contributed by atoms with Crippen LogP contribution in [0.15, 0.2) is 0 Å². The van der Waals surface area contributed by atoms with Crippen LogP contribution < -0.4 is 10.8 Å². The zero-order valence-electron chi connectivity index (χ0n) is 13.8. The average Bonchev–Trinajstić information content (AvgIpc) is 2.50. The Labute approximate surface area is 131 Å². The van der Waals surface area contributed by atoms with Crippen LogP contribution in [0.25, 0.3) is 0 Å². The molecule has 0 bridgehead atoms. The van der Waals surface area contributed by atoms with Gasteiger partial charge in [-0.05, 0) is 12.3 Å². The molecule has 7 heteroatoms. The van der Waals surface area contributed by atoms with Gasteiger partial charge in [0.2, 0.25) is 11.8 Å². The van der Waals surface area contributed by atoms with Gasteiger partial charge in [0, 0.05) is 12.3 Å². The molecule has 0 fully saturated rings. The van der Waals surface area contributed by atoms with Gasteiger partial charge in [-0.15, -0.1) is 0 Å². The molecule has 2 atom stereocenters. The van der Waals surface area contributed by atoms with Gasteiger partial charge in [0.05, 0.1) is 7.11 Å². The number of nitrogens with one attached hydrogen (secondary N) is 2. The van der Waals surface area contributed by atoms with Crippen LogP contribution in [0.4, 0.5) is 0 Å². The number of hydroxylamine groups is 1. The maximum Gasteiger partial charge on any atom is 0.328 e. The van der Waals surface area contributed by atoms with E-state index in [9.17, 15) is 14.4 Å². The summed E-state index contributed by atoms with van der Waals surface area (Å²) in [4.78, 5) is 35.4. The highest BCUT2D eigenvalue weighted by Crippen LogP contribution is 2.16. The molecule has 0 aliphatic carbocycles. The SMILES string of the molecule is CCCCC[C@H](CC(=O)NO)C(=O)N[C@H](C(=O)OC)C(C)C. The van der Waals surface area contributed by atoms with E-state index >= 15 is 0 Å². The van der Waals surface area contributed by atoms with Crippen LogP contribution in [0.3, 0.4) is 0 Å². The van der Waals surface area contributed by atoms with Crippen LogP contribution in [0.5, 0.6) is 0 Å². The van der Waals surface area contributed by atoms with Crippen LogP contribution >= 0.6 is 0 Å². The average molecular weight is 316 g/mol. The largest absolute Gasteiger partial charge is 0.467 e. The molecule has 0 unspecified atom stereocenters. The second kappa shape index (κ2) is 11.0. The summed E-state index contributed by atoms with van der Waals surface area (Å²) in [5.74, 6) is -2.20. The van der Waals surface area contributed by atoms with Gasteiger partial charge in [-0.25, -0.2) is 10.3 Å². The Balaban J connectivity index is 4.83. The first-order valence-corrected chi connectivity index (χ1v) is 7.68. The highest BCUT2D eigenvalue weighted by atomic mass is 16.5. The predicted molar refractivity (Wildman–Crippen MR) is 81.0 cm³/mol. The summed E-state index contributed by atoms with van der Waals surface area (Å²) in [6.07, 6.45) is 3.17. The summed E-state index contributed by atoms with van der Waals surface area (Å²) < 4.78 is 4.68. The normalized spacial score (nSPS) is 13.4. The van der Waals surface area contributed by atoms with Gasteiger partial charge < -0.3 is 10.1 Å². The van der Waals surface area contributed by atoms with Crippen molar-refractivity contribution in [3.8, 4) is 0 Å². The summed E-state index contributed by atoms with van der Waals surface area (Å²) in [6, 6.07) is -0.747. The van der Waals surface area contributed by atoms with Gasteiger partial charge >= 0.3 is 5.97 Å². The third-order valence-corrected chi connectivity index (χ3v) is 3.50. The maximum absolute atomic E-state index is 12.3. The standard InChI is InChI=1S/C15H28N2O5/c1-5-6-7-8-11(9-12(18)17-21)14(19)16-13(10(2)3)15(20)22-4/h10-11,13,21H,5-9H2,1-4H3,(H,16,19)(H,17,18)/t11-,13+/m1/s1. The van der Waals surface area contributed by atoms with Gasteiger partial charge in [-0.2, -0.15) is 0 Å². The smallest absolute Gasteiger partial charge is 0.328 e. The predicted octanol–water partition coefficient (Wildman–Crippen LogP) is 1.39. The molecular formula is C15H28N2O5. The van der Waals surface area contributed by atoms with E-state index in [1.165, 1.54) is 7.11 Å². The highest BCUT2D eigenvalue weighted by molar-refractivity contribution is 5.88. The van der Waals surface area contributed by atoms with Crippen molar-refractivity contribution in [2.45, 2.75) is 58.9 Å². The van der Waals surface area contributed by atoms with Crippen LogP contribution in [0.1, 0.15) is 52.9 Å². The van der Waals surface area contributed by atoms with Crippen molar-refractivity contribution >= 4 is 17.8 Å². The van der Waals surface area contributed by atoms with Crippen molar-refractivity contribution < 1.29 is 24.3 Å². The molecule has 0 heterocycles. The van der Waals surface area contributed by atoms with Crippen LogP contribution in [-0.4, -0.2) is 36.1 Å². The fraction of sp³-hybridized carbons (Fsp3) is 0.800. The van der Waals surface area contributed by atoms with E-state index in [0.717, 1.165) is 19.3 Å². The minimum absolute atomic E-state index is 0.113. The number of hydrogen-bond acceptors (Lipinski definition) is 5. The van der Waals surface area contributed by atoms with Crippen LogP contribution in [0.2, 0.25) is 0 Å². The number of ether oxygens (including phenoxy) is 1.